The van der Waals surface area contributed by atoms with Crippen LogP contribution in [0.4, 0.5) is 0 Å². The molecular weight excluding hydrogens is 420 g/mol. The Bertz CT molecular complexity index is 1530. The zero-order valence-corrected chi connectivity index (χ0v) is 20.6. The molecule has 0 unspecified atom stereocenters. The summed E-state index contributed by atoms with van der Waals surface area (Å²) in [6.45, 7) is 7.41. The van der Waals surface area contributed by atoms with E-state index in [1.54, 1.807) is 6.92 Å². The first-order chi connectivity index (χ1) is 16.3. The van der Waals surface area contributed by atoms with Crippen molar-refractivity contribution in [3.8, 4) is 22.3 Å². The molecule has 5 nitrogen and oxygen atoms in total. The molecule has 34 heavy (non-hydrogen) atoms. The molecule has 174 valence electrons. The summed E-state index contributed by atoms with van der Waals surface area (Å²) >= 11 is 0. The Labute approximate surface area is 200 Å². The van der Waals surface area contributed by atoms with Gasteiger partial charge in [0.15, 0.2) is 0 Å². The zero-order chi connectivity index (χ0) is 24.0. The lowest BCUT2D eigenvalue weighted by atomic mass is 9.97. The van der Waals surface area contributed by atoms with Crippen LogP contribution in [0.25, 0.3) is 44.1 Å². The molecule has 0 aliphatic heterocycles. The zero-order valence-electron chi connectivity index (χ0n) is 20.6. The third-order valence-corrected chi connectivity index (χ3v) is 6.67. The molecule has 2 aromatic carbocycles. The molecule has 0 bridgehead atoms. The van der Waals surface area contributed by atoms with Crippen molar-refractivity contribution in [2.45, 2.75) is 33.7 Å². The van der Waals surface area contributed by atoms with Gasteiger partial charge in [-0.15, -0.1) is 0 Å². The second-order valence-corrected chi connectivity index (χ2v) is 9.52. The number of aryl methyl sites for hydroxylation is 5. The highest BCUT2D eigenvalue weighted by atomic mass is 16.1. The standard InChI is InChI=1S/C29H32N4O/c1-19-7-9-28-22(13-19)26(17-32(28)5)24-15-31(4)16-25(24)27-18-33(12-6-11-30-21(3)34)29-10-8-20(2)14-23(27)29/h7-10,13-18H,6,11-12H2,1-5H3,(H,30,34). The summed E-state index contributed by atoms with van der Waals surface area (Å²) in [7, 11) is 4.22. The van der Waals surface area contributed by atoms with Gasteiger partial charge in [-0.05, 0) is 44.5 Å². The Morgan fingerprint density at radius 3 is 2.03 bits per heavy atom. The van der Waals surface area contributed by atoms with Gasteiger partial charge in [0.2, 0.25) is 5.91 Å². The van der Waals surface area contributed by atoms with Crippen molar-refractivity contribution in [1.82, 2.24) is 19.0 Å². The van der Waals surface area contributed by atoms with Crippen LogP contribution in [-0.2, 0) is 25.4 Å². The molecule has 0 saturated heterocycles. The third-order valence-electron chi connectivity index (χ3n) is 6.67. The van der Waals surface area contributed by atoms with Gasteiger partial charge in [-0.2, -0.15) is 0 Å². The lowest BCUT2D eigenvalue weighted by Crippen LogP contribution is -2.21. The fourth-order valence-electron chi connectivity index (χ4n) is 5.06. The van der Waals surface area contributed by atoms with Crippen molar-refractivity contribution in [3.63, 3.8) is 0 Å². The lowest BCUT2D eigenvalue weighted by Gasteiger charge is -2.06. The van der Waals surface area contributed by atoms with E-state index < -0.39 is 0 Å². The highest BCUT2D eigenvalue weighted by molar-refractivity contribution is 6.05. The maximum Gasteiger partial charge on any atom is 0.216 e. The van der Waals surface area contributed by atoms with Gasteiger partial charge < -0.3 is 19.0 Å². The lowest BCUT2D eigenvalue weighted by molar-refractivity contribution is -0.118. The van der Waals surface area contributed by atoms with Gasteiger partial charge in [-0.1, -0.05) is 23.3 Å². The Kier molecular flexibility index (Phi) is 5.56. The van der Waals surface area contributed by atoms with Crippen LogP contribution in [0, 0.1) is 13.8 Å². The summed E-state index contributed by atoms with van der Waals surface area (Å²) in [5.41, 5.74) is 9.99. The fourth-order valence-corrected chi connectivity index (χ4v) is 5.06. The summed E-state index contributed by atoms with van der Waals surface area (Å²) in [6.07, 6.45) is 9.90. The number of aromatic nitrogens is 3. The van der Waals surface area contributed by atoms with Gasteiger partial charge in [0, 0.05) is 103 Å². The highest BCUT2D eigenvalue weighted by Gasteiger charge is 2.19. The van der Waals surface area contributed by atoms with E-state index in [1.165, 1.54) is 55.2 Å². The minimum atomic E-state index is 0.0212. The predicted octanol–water partition coefficient (Wildman–Crippen LogP) is 5.95. The monoisotopic (exact) mass is 452 g/mol. The van der Waals surface area contributed by atoms with Gasteiger partial charge in [0.25, 0.3) is 0 Å². The number of benzene rings is 2. The molecule has 5 rings (SSSR count). The predicted molar refractivity (Wildman–Crippen MR) is 141 cm³/mol. The van der Waals surface area contributed by atoms with E-state index in [4.69, 9.17) is 0 Å². The SMILES string of the molecule is CC(=O)NCCCn1cc(-c2cn(C)cc2-c2cn(C)c3ccc(C)cc23)c2cc(C)ccc21. The number of amides is 1. The first-order valence-corrected chi connectivity index (χ1v) is 11.9. The molecule has 0 saturated carbocycles. The number of hydrogen-bond acceptors (Lipinski definition) is 1. The topological polar surface area (TPSA) is 43.9 Å². The largest absolute Gasteiger partial charge is 0.356 e. The number of hydrogen-bond donors (Lipinski definition) is 1. The summed E-state index contributed by atoms with van der Waals surface area (Å²) in [4.78, 5) is 11.3. The molecule has 3 heterocycles. The minimum absolute atomic E-state index is 0.0212. The molecule has 5 aromatic rings. The molecule has 0 atom stereocenters. The van der Waals surface area contributed by atoms with Gasteiger partial charge in [-0.3, -0.25) is 4.79 Å². The third kappa shape index (κ3) is 3.92. The minimum Gasteiger partial charge on any atom is -0.356 e. The second-order valence-electron chi connectivity index (χ2n) is 9.52. The van der Waals surface area contributed by atoms with Crippen molar-refractivity contribution >= 4 is 27.7 Å². The molecule has 0 spiro atoms. The van der Waals surface area contributed by atoms with E-state index >= 15 is 0 Å². The van der Waals surface area contributed by atoms with E-state index in [1.807, 2.05) is 0 Å². The van der Waals surface area contributed by atoms with Crippen LogP contribution in [0.15, 0.2) is 61.2 Å². The summed E-state index contributed by atoms with van der Waals surface area (Å²) in [5, 5.41) is 5.46. The van der Waals surface area contributed by atoms with Crippen LogP contribution < -0.4 is 5.32 Å². The quantitative estimate of drug-likeness (QED) is 0.318. The molecular formula is C29H32N4O. The first kappa shape index (κ1) is 22.1. The van der Waals surface area contributed by atoms with E-state index in [0.717, 1.165) is 13.0 Å². The van der Waals surface area contributed by atoms with Crippen molar-refractivity contribution < 1.29 is 4.79 Å². The Morgan fingerprint density at radius 1 is 0.794 bits per heavy atom. The van der Waals surface area contributed by atoms with E-state index in [2.05, 4.69) is 108 Å². The van der Waals surface area contributed by atoms with Gasteiger partial charge >= 0.3 is 0 Å². The molecule has 0 radical (unpaired) electrons. The molecule has 0 aliphatic carbocycles. The van der Waals surface area contributed by atoms with Crippen LogP contribution in [0.3, 0.4) is 0 Å². The summed E-state index contributed by atoms with van der Waals surface area (Å²) in [6, 6.07) is 13.4. The molecule has 0 fully saturated rings. The Balaban J connectivity index is 1.65. The van der Waals surface area contributed by atoms with Crippen LogP contribution >= 0.6 is 0 Å². The maximum absolute atomic E-state index is 11.3. The fraction of sp³-hybridized carbons (Fsp3) is 0.276. The van der Waals surface area contributed by atoms with Crippen LogP contribution in [0.1, 0.15) is 24.5 Å². The average molecular weight is 453 g/mol. The van der Waals surface area contributed by atoms with E-state index in [-0.39, 0.29) is 5.91 Å². The van der Waals surface area contributed by atoms with Crippen LogP contribution in [0.5, 0.6) is 0 Å². The van der Waals surface area contributed by atoms with Crippen molar-refractivity contribution in [3.05, 3.63) is 72.3 Å². The highest BCUT2D eigenvalue weighted by Crippen LogP contribution is 2.41. The number of fused-ring (bicyclic) bond motifs is 2. The first-order valence-electron chi connectivity index (χ1n) is 11.9. The maximum atomic E-state index is 11.3. The molecule has 1 amide bonds. The van der Waals surface area contributed by atoms with Gasteiger partial charge in [-0.25, -0.2) is 0 Å². The number of nitrogens with one attached hydrogen (secondary N) is 1. The number of nitrogens with zero attached hydrogens (tertiary/aromatic N) is 3. The van der Waals surface area contributed by atoms with E-state index in [9.17, 15) is 4.79 Å². The molecule has 3 aromatic heterocycles. The van der Waals surface area contributed by atoms with Gasteiger partial charge in [0.05, 0.1) is 0 Å². The van der Waals surface area contributed by atoms with Crippen molar-refractivity contribution in [2.24, 2.45) is 14.1 Å². The normalized spacial score (nSPS) is 11.6. The van der Waals surface area contributed by atoms with Gasteiger partial charge in [0.1, 0.15) is 0 Å². The molecule has 1 N–H and O–H groups in total. The smallest absolute Gasteiger partial charge is 0.216 e. The Hall–Kier alpha value is -3.73. The second kappa shape index (κ2) is 8.56. The van der Waals surface area contributed by atoms with Crippen molar-refractivity contribution in [2.75, 3.05) is 6.54 Å². The van der Waals surface area contributed by atoms with Crippen LogP contribution in [0.2, 0.25) is 0 Å². The number of rotatable bonds is 6. The van der Waals surface area contributed by atoms with E-state index in [0.29, 0.717) is 6.54 Å². The summed E-state index contributed by atoms with van der Waals surface area (Å²) in [5.74, 6) is 0.0212. The Morgan fingerprint density at radius 2 is 1.38 bits per heavy atom. The molecule has 0 aliphatic rings. The van der Waals surface area contributed by atoms with Crippen LogP contribution in [-0.4, -0.2) is 26.2 Å². The number of carbonyl (C=O) groups is 1. The molecule has 5 heteroatoms. The summed E-state index contributed by atoms with van der Waals surface area (Å²) < 4.78 is 6.71. The number of carbonyl (C=O) groups excluding carboxylic acids is 1. The van der Waals surface area contributed by atoms with Crippen molar-refractivity contribution in [1.29, 1.82) is 0 Å². The average Bonchev–Trinajstić information content (AvgIpc) is 3.44.